The zero-order chi connectivity index (χ0) is 25.1. The molecule has 0 saturated heterocycles. The number of hydrogen-bond acceptors (Lipinski definition) is 10. The van der Waals surface area contributed by atoms with Gasteiger partial charge in [-0.25, -0.2) is 9.59 Å². The van der Waals surface area contributed by atoms with Crippen molar-refractivity contribution in [3.63, 3.8) is 0 Å². The highest BCUT2D eigenvalue weighted by Crippen LogP contribution is 2.43. The van der Waals surface area contributed by atoms with E-state index in [1.54, 1.807) is 61.5 Å². The first kappa shape index (κ1) is 23.2. The van der Waals surface area contributed by atoms with Crippen LogP contribution in [-0.2, 0) is 19.1 Å². The second-order valence-corrected chi connectivity index (χ2v) is 7.49. The number of esters is 2. The zero-order valence-electron chi connectivity index (χ0n) is 19.2. The van der Waals surface area contributed by atoms with Gasteiger partial charge in [-0.2, -0.15) is 9.94 Å². The fourth-order valence-electron chi connectivity index (χ4n) is 4.02. The van der Waals surface area contributed by atoms with Gasteiger partial charge in [-0.1, -0.05) is 36.4 Å². The Morgan fingerprint density at radius 3 is 2.31 bits per heavy atom. The number of anilines is 1. The Bertz CT molecular complexity index is 1400. The smallest absolute Gasteiger partial charge is 0.355 e. The highest BCUT2D eigenvalue weighted by Gasteiger charge is 2.43. The normalized spacial score (nSPS) is 15.6. The maximum Gasteiger partial charge on any atom is 0.355 e. The average molecular weight is 471 g/mol. The first-order valence-corrected chi connectivity index (χ1v) is 10.4. The summed E-state index contributed by atoms with van der Waals surface area (Å²) in [5.41, 5.74) is 7.92. The molecule has 2 heterocycles. The Labute approximate surface area is 200 Å². The average Bonchev–Trinajstić information content (AvgIpc) is 3.33. The maximum absolute atomic E-state index is 13.1. The molecule has 176 valence electrons. The number of allylic oxidation sites excluding steroid dienone is 1. The van der Waals surface area contributed by atoms with Gasteiger partial charge in [-0.05, 0) is 41.1 Å². The maximum atomic E-state index is 13.1. The zero-order valence-corrected chi connectivity index (χ0v) is 19.2. The summed E-state index contributed by atoms with van der Waals surface area (Å²) in [5, 5.41) is 21.6. The Kier molecular flexibility index (Phi) is 6.28. The number of benzene rings is 2. The molecule has 1 unspecified atom stereocenters. The molecule has 2 aromatic carbocycles. The number of hydrogen-bond donors (Lipinski definition) is 1. The number of nitrogens with two attached hydrogens (primary N) is 1. The van der Waals surface area contributed by atoms with E-state index in [1.807, 2.05) is 0 Å². The summed E-state index contributed by atoms with van der Waals surface area (Å²) in [5.74, 6) is -2.05. The molecule has 0 spiro atoms. The fraction of sp³-hybridized carbons (Fsp3) is 0.167. The van der Waals surface area contributed by atoms with Crippen LogP contribution in [0.3, 0.4) is 0 Å². The fourth-order valence-corrected chi connectivity index (χ4v) is 4.02. The predicted octanol–water partition coefficient (Wildman–Crippen LogP) is 1.87. The van der Waals surface area contributed by atoms with E-state index in [1.165, 1.54) is 23.8 Å². The lowest BCUT2D eigenvalue weighted by Gasteiger charge is -2.36. The second-order valence-electron chi connectivity index (χ2n) is 7.49. The van der Waals surface area contributed by atoms with Crippen LogP contribution in [0.25, 0.3) is 5.69 Å². The van der Waals surface area contributed by atoms with Crippen LogP contribution < -0.4 is 10.6 Å². The molecule has 1 aromatic heterocycles. The van der Waals surface area contributed by atoms with Crippen LogP contribution >= 0.6 is 0 Å². The molecule has 0 amide bonds. The number of ether oxygens (including phenoxy) is 2. The van der Waals surface area contributed by atoms with Crippen molar-refractivity contribution in [3.8, 4) is 11.8 Å². The van der Waals surface area contributed by atoms with Gasteiger partial charge >= 0.3 is 11.9 Å². The summed E-state index contributed by atoms with van der Waals surface area (Å²) in [6.07, 6.45) is 0. The lowest BCUT2D eigenvalue weighted by Crippen LogP contribution is -2.40. The van der Waals surface area contributed by atoms with E-state index in [-0.39, 0.29) is 22.7 Å². The first-order chi connectivity index (χ1) is 16.9. The predicted molar refractivity (Wildman–Crippen MR) is 123 cm³/mol. The van der Waals surface area contributed by atoms with Gasteiger partial charge in [0.25, 0.3) is 0 Å². The summed E-state index contributed by atoms with van der Waals surface area (Å²) in [7, 11) is 2.39. The number of nitrogens with zero attached hydrogens (tertiary/aromatic N) is 6. The van der Waals surface area contributed by atoms with Crippen LogP contribution in [0.5, 0.6) is 0 Å². The van der Waals surface area contributed by atoms with Gasteiger partial charge < -0.3 is 15.2 Å². The lowest BCUT2D eigenvalue weighted by atomic mass is 9.81. The van der Waals surface area contributed by atoms with Crippen LogP contribution in [0.2, 0.25) is 0 Å². The van der Waals surface area contributed by atoms with Crippen molar-refractivity contribution >= 4 is 17.6 Å². The molecule has 4 rings (SSSR count). The molecule has 11 heteroatoms. The SMILES string of the molecule is COC(=O)C1=C(C(=O)OC)N(c2cccc(-n3nnnc3C)c2)C(N)=C(C#N)C1c1ccccc1. The third kappa shape index (κ3) is 3.97. The Hall–Kier alpha value is -4.98. The molecule has 35 heavy (non-hydrogen) atoms. The summed E-state index contributed by atoms with van der Waals surface area (Å²) in [6.45, 7) is 1.73. The molecule has 3 aromatic rings. The van der Waals surface area contributed by atoms with Crippen molar-refractivity contribution in [2.24, 2.45) is 5.73 Å². The van der Waals surface area contributed by atoms with Crippen molar-refractivity contribution in [2.75, 3.05) is 19.1 Å². The van der Waals surface area contributed by atoms with E-state index in [4.69, 9.17) is 15.2 Å². The molecule has 0 radical (unpaired) electrons. The molecule has 0 fully saturated rings. The van der Waals surface area contributed by atoms with Gasteiger partial charge in [0.15, 0.2) is 5.82 Å². The summed E-state index contributed by atoms with van der Waals surface area (Å²) in [6, 6.07) is 17.7. The number of carbonyl (C=O) groups is 2. The standard InChI is InChI=1S/C24H21N7O4/c1-14-27-28-29-31(14)17-11-7-10-16(12-17)30-21(24(33)35-3)20(23(32)34-2)19(18(13-25)22(30)26)15-8-5-4-6-9-15/h4-12,19H,26H2,1-3H3. The van der Waals surface area contributed by atoms with E-state index < -0.39 is 17.9 Å². The number of aryl methyl sites for hydroxylation is 1. The topological polar surface area (TPSA) is 149 Å². The third-order valence-electron chi connectivity index (χ3n) is 5.57. The minimum Gasteiger partial charge on any atom is -0.466 e. The van der Waals surface area contributed by atoms with Crippen molar-refractivity contribution in [3.05, 3.63) is 88.6 Å². The van der Waals surface area contributed by atoms with Gasteiger partial charge in [-0.15, -0.1) is 5.10 Å². The minimum atomic E-state index is -0.941. The molecule has 2 N–H and O–H groups in total. The number of methoxy groups -OCH3 is 2. The van der Waals surface area contributed by atoms with E-state index in [0.717, 1.165) is 0 Å². The Morgan fingerprint density at radius 2 is 1.71 bits per heavy atom. The van der Waals surface area contributed by atoms with Crippen LogP contribution in [0, 0.1) is 18.3 Å². The summed E-state index contributed by atoms with van der Waals surface area (Å²) in [4.78, 5) is 27.6. The van der Waals surface area contributed by atoms with E-state index in [0.29, 0.717) is 22.8 Å². The Balaban J connectivity index is 2.03. The number of tetrazole rings is 1. The monoisotopic (exact) mass is 471 g/mol. The molecule has 1 aliphatic heterocycles. The largest absolute Gasteiger partial charge is 0.466 e. The van der Waals surface area contributed by atoms with E-state index >= 15 is 0 Å². The minimum absolute atomic E-state index is 0.0278. The Morgan fingerprint density at radius 1 is 1.03 bits per heavy atom. The number of aromatic nitrogens is 4. The van der Waals surface area contributed by atoms with Crippen molar-refractivity contribution < 1.29 is 19.1 Å². The van der Waals surface area contributed by atoms with Crippen LogP contribution in [0.15, 0.2) is 77.3 Å². The number of nitriles is 1. The number of carbonyl (C=O) groups excluding carboxylic acids is 2. The highest BCUT2D eigenvalue weighted by atomic mass is 16.5. The molecule has 1 aliphatic rings. The van der Waals surface area contributed by atoms with E-state index in [9.17, 15) is 14.9 Å². The van der Waals surface area contributed by atoms with E-state index in [2.05, 4.69) is 21.6 Å². The lowest BCUT2D eigenvalue weighted by molar-refractivity contribution is -0.139. The molecular weight excluding hydrogens is 450 g/mol. The van der Waals surface area contributed by atoms with Crippen molar-refractivity contribution in [2.45, 2.75) is 12.8 Å². The van der Waals surface area contributed by atoms with Gasteiger partial charge in [0, 0.05) is 5.69 Å². The molecule has 11 nitrogen and oxygen atoms in total. The third-order valence-corrected chi connectivity index (χ3v) is 5.57. The van der Waals surface area contributed by atoms with Gasteiger partial charge in [0.05, 0.1) is 43.0 Å². The van der Waals surface area contributed by atoms with Crippen LogP contribution in [0.1, 0.15) is 17.3 Å². The van der Waals surface area contributed by atoms with Gasteiger partial charge in [0.1, 0.15) is 11.5 Å². The van der Waals surface area contributed by atoms with Crippen molar-refractivity contribution in [1.82, 2.24) is 20.2 Å². The summed E-state index contributed by atoms with van der Waals surface area (Å²) < 4.78 is 11.6. The molecule has 0 bridgehead atoms. The summed E-state index contributed by atoms with van der Waals surface area (Å²) >= 11 is 0. The van der Waals surface area contributed by atoms with Crippen molar-refractivity contribution in [1.29, 1.82) is 5.26 Å². The van der Waals surface area contributed by atoms with Crippen LogP contribution in [0.4, 0.5) is 5.69 Å². The molecule has 0 aliphatic carbocycles. The quantitative estimate of drug-likeness (QED) is 0.546. The van der Waals surface area contributed by atoms with Gasteiger partial charge in [-0.3, -0.25) is 4.90 Å². The van der Waals surface area contributed by atoms with Gasteiger partial charge in [0.2, 0.25) is 0 Å². The highest BCUT2D eigenvalue weighted by molar-refractivity contribution is 6.06. The molecule has 0 saturated carbocycles. The molecule has 1 atom stereocenters. The second kappa shape index (κ2) is 9.48. The first-order valence-electron chi connectivity index (χ1n) is 10.4. The number of rotatable bonds is 5. The van der Waals surface area contributed by atoms with Crippen LogP contribution in [-0.4, -0.2) is 46.4 Å². The molecular formula is C24H21N7O4.